The monoisotopic (exact) mass is 354 g/mol. The number of hydrogen-bond donors (Lipinski definition) is 1. The summed E-state index contributed by atoms with van der Waals surface area (Å²) in [5.41, 5.74) is -2.66. The fourth-order valence-electron chi connectivity index (χ4n) is 5.21. The molecule has 4 aliphatic carbocycles. The molecule has 25 heavy (non-hydrogen) atoms. The van der Waals surface area contributed by atoms with Gasteiger partial charge in [0, 0.05) is 1.37 Å². The standard InChI is InChI=1S/C19H31NO5/c1-5-24-15(21)11-20(16(22)25-17(2,3)4)18-7-13-6-14(8-18)10-19(23,9-13)12-18/h13-14,23H,5-12H2,1-4H3/i12D. The van der Waals surface area contributed by atoms with E-state index in [1.165, 1.54) is 4.90 Å². The number of esters is 1. The van der Waals surface area contributed by atoms with Gasteiger partial charge >= 0.3 is 12.1 Å². The molecule has 6 nitrogen and oxygen atoms in total. The molecule has 0 radical (unpaired) electrons. The number of carbonyl (C=O) groups excluding carboxylic acids is 2. The van der Waals surface area contributed by atoms with Gasteiger partial charge in [-0.2, -0.15) is 0 Å². The van der Waals surface area contributed by atoms with Gasteiger partial charge in [-0.15, -0.1) is 0 Å². The fourth-order valence-corrected chi connectivity index (χ4v) is 5.21. The molecule has 3 atom stereocenters. The van der Waals surface area contributed by atoms with Crippen molar-refractivity contribution in [1.29, 1.82) is 0 Å². The Labute approximate surface area is 151 Å². The van der Waals surface area contributed by atoms with Crippen molar-refractivity contribution >= 4 is 12.1 Å². The number of nitrogens with zero attached hydrogens (tertiary/aromatic N) is 1. The van der Waals surface area contributed by atoms with E-state index in [-0.39, 0.29) is 25.0 Å². The molecule has 0 aliphatic heterocycles. The van der Waals surface area contributed by atoms with Crippen LogP contribution in [0.15, 0.2) is 0 Å². The number of aliphatic hydroxyl groups is 1. The predicted octanol–water partition coefficient (Wildman–Crippen LogP) is 2.87. The molecule has 1 amide bonds. The quantitative estimate of drug-likeness (QED) is 0.786. The lowest BCUT2D eigenvalue weighted by molar-refractivity contribution is -0.177. The average molecular weight is 354 g/mol. The molecule has 142 valence electrons. The summed E-state index contributed by atoms with van der Waals surface area (Å²) in [7, 11) is 0. The maximum absolute atomic E-state index is 13.0. The van der Waals surface area contributed by atoms with Crippen LogP contribution >= 0.6 is 0 Å². The third-order valence-electron chi connectivity index (χ3n) is 5.52. The van der Waals surface area contributed by atoms with Crippen molar-refractivity contribution in [2.75, 3.05) is 13.2 Å². The molecule has 4 fully saturated rings. The molecule has 0 heterocycles. The molecule has 0 aromatic rings. The molecule has 3 unspecified atom stereocenters. The zero-order chi connectivity index (χ0) is 19.3. The van der Waals surface area contributed by atoms with Gasteiger partial charge in [0.1, 0.15) is 12.1 Å². The molecule has 4 aliphatic rings. The van der Waals surface area contributed by atoms with Crippen LogP contribution in [0, 0.1) is 11.8 Å². The molecule has 6 heteroatoms. The minimum Gasteiger partial charge on any atom is -0.465 e. The first-order valence-electron chi connectivity index (χ1n) is 9.88. The second-order valence-corrected chi connectivity index (χ2v) is 9.01. The summed E-state index contributed by atoms with van der Waals surface area (Å²) in [6.45, 7) is 7.04. The van der Waals surface area contributed by atoms with E-state index in [1.54, 1.807) is 27.7 Å². The first-order chi connectivity index (χ1) is 12.0. The van der Waals surface area contributed by atoms with E-state index >= 15 is 0 Å². The fraction of sp³-hybridized carbons (Fsp3) is 0.895. The lowest BCUT2D eigenvalue weighted by Gasteiger charge is -2.62. The normalized spacial score (nSPS) is 39.7. The van der Waals surface area contributed by atoms with Crippen molar-refractivity contribution in [1.82, 2.24) is 4.90 Å². The highest BCUT2D eigenvalue weighted by molar-refractivity contribution is 5.79. The van der Waals surface area contributed by atoms with Crippen molar-refractivity contribution in [2.45, 2.75) is 82.9 Å². The lowest BCUT2D eigenvalue weighted by atomic mass is 9.50. The van der Waals surface area contributed by atoms with E-state index in [2.05, 4.69) is 0 Å². The largest absolute Gasteiger partial charge is 0.465 e. The molecule has 4 rings (SSSR count). The summed E-state index contributed by atoms with van der Waals surface area (Å²) in [5, 5.41) is 11.1. The second kappa shape index (κ2) is 6.15. The highest BCUT2D eigenvalue weighted by atomic mass is 16.6. The summed E-state index contributed by atoms with van der Waals surface area (Å²) in [5.74, 6) is 0.0516. The van der Waals surface area contributed by atoms with Crippen LogP contribution < -0.4 is 0 Å². The molecule has 0 saturated heterocycles. The van der Waals surface area contributed by atoms with Gasteiger partial charge in [0.2, 0.25) is 0 Å². The van der Waals surface area contributed by atoms with Crippen LogP contribution in [0.25, 0.3) is 0 Å². The second-order valence-electron chi connectivity index (χ2n) is 9.01. The van der Waals surface area contributed by atoms with Gasteiger partial charge in [-0.3, -0.25) is 9.69 Å². The number of rotatable bonds is 4. The zero-order valence-electron chi connectivity index (χ0n) is 16.7. The van der Waals surface area contributed by atoms with Crippen molar-refractivity contribution in [2.24, 2.45) is 11.8 Å². The number of carbonyl (C=O) groups is 2. The highest BCUT2D eigenvalue weighted by Crippen LogP contribution is 2.59. The topological polar surface area (TPSA) is 76.1 Å². The van der Waals surface area contributed by atoms with Crippen LogP contribution in [-0.4, -0.2) is 52.0 Å². The van der Waals surface area contributed by atoms with E-state index in [1.807, 2.05) is 0 Å². The molecule has 0 spiro atoms. The maximum atomic E-state index is 13.0. The van der Waals surface area contributed by atoms with Gasteiger partial charge in [-0.1, -0.05) is 0 Å². The Balaban J connectivity index is 1.94. The molecule has 4 bridgehead atoms. The summed E-state index contributed by atoms with van der Waals surface area (Å²) < 4.78 is 19.4. The summed E-state index contributed by atoms with van der Waals surface area (Å²) in [4.78, 5) is 26.6. The van der Waals surface area contributed by atoms with Gasteiger partial charge in [0.25, 0.3) is 0 Å². The summed E-state index contributed by atoms with van der Waals surface area (Å²) in [6, 6.07) is 0. The SMILES string of the molecule is [2H]C1C2(O)CC3CC(C2)CC1(N(CC(=O)OCC)C(=O)OC(C)(C)C)C3. The highest BCUT2D eigenvalue weighted by Gasteiger charge is 2.60. The lowest BCUT2D eigenvalue weighted by Crippen LogP contribution is -2.67. The smallest absolute Gasteiger partial charge is 0.411 e. The Hall–Kier alpha value is -1.30. The first-order valence-corrected chi connectivity index (χ1v) is 9.30. The number of amides is 1. The van der Waals surface area contributed by atoms with Crippen LogP contribution in [0.3, 0.4) is 0 Å². The summed E-state index contributed by atoms with van der Waals surface area (Å²) in [6.07, 6.45) is 2.08. The Morgan fingerprint density at radius 2 is 1.84 bits per heavy atom. The molecule has 1 N–H and O–H groups in total. The molecule has 0 aromatic carbocycles. The minimum atomic E-state index is -1.08. The number of ether oxygens (including phenoxy) is 2. The van der Waals surface area contributed by atoms with Crippen molar-refractivity contribution in [3.63, 3.8) is 0 Å². The van der Waals surface area contributed by atoms with Crippen LogP contribution in [-0.2, 0) is 14.3 Å². The minimum absolute atomic E-state index is 0.230. The van der Waals surface area contributed by atoms with Crippen molar-refractivity contribution < 1.29 is 25.5 Å². The Morgan fingerprint density at radius 1 is 1.24 bits per heavy atom. The van der Waals surface area contributed by atoms with E-state index in [4.69, 9.17) is 10.8 Å². The van der Waals surface area contributed by atoms with E-state index in [0.29, 0.717) is 25.7 Å². The third-order valence-corrected chi connectivity index (χ3v) is 5.52. The van der Waals surface area contributed by atoms with Crippen molar-refractivity contribution in [3.05, 3.63) is 0 Å². The van der Waals surface area contributed by atoms with Gasteiger partial charge in [-0.25, -0.2) is 4.79 Å². The molecule has 0 aromatic heterocycles. The van der Waals surface area contributed by atoms with Crippen LogP contribution in [0.4, 0.5) is 4.79 Å². The van der Waals surface area contributed by atoms with Gasteiger partial charge in [0.15, 0.2) is 0 Å². The Bertz CT molecular complexity index is 573. The number of hydrogen-bond acceptors (Lipinski definition) is 5. The molecule has 4 saturated carbocycles. The summed E-state index contributed by atoms with van der Waals surface area (Å²) >= 11 is 0. The van der Waals surface area contributed by atoms with Gasteiger partial charge in [0.05, 0.1) is 17.7 Å². The van der Waals surface area contributed by atoms with E-state index < -0.39 is 35.2 Å². The van der Waals surface area contributed by atoms with E-state index in [9.17, 15) is 14.7 Å². The Morgan fingerprint density at radius 3 is 2.36 bits per heavy atom. The van der Waals surface area contributed by atoms with Gasteiger partial charge in [-0.05, 0) is 78.0 Å². The van der Waals surface area contributed by atoms with Gasteiger partial charge < -0.3 is 14.6 Å². The van der Waals surface area contributed by atoms with Crippen LogP contribution in [0.1, 0.15) is 67.6 Å². The molecular weight excluding hydrogens is 322 g/mol. The maximum Gasteiger partial charge on any atom is 0.411 e. The van der Waals surface area contributed by atoms with E-state index in [0.717, 1.165) is 6.42 Å². The van der Waals surface area contributed by atoms with Crippen molar-refractivity contribution in [3.8, 4) is 0 Å². The molecular formula is C19H31NO5. The first kappa shape index (κ1) is 17.1. The van der Waals surface area contributed by atoms with Crippen LogP contribution in [0.2, 0.25) is 0 Å². The zero-order valence-corrected chi connectivity index (χ0v) is 15.7. The average Bonchev–Trinajstić information content (AvgIpc) is 2.47. The van der Waals surface area contributed by atoms with Crippen LogP contribution in [0.5, 0.6) is 0 Å². The Kier molecular flexibility index (Phi) is 4.21. The third kappa shape index (κ3) is 3.78. The predicted molar refractivity (Wildman–Crippen MR) is 91.9 cm³/mol.